The molecule has 40 heavy (non-hydrogen) atoms. The lowest BCUT2D eigenvalue weighted by Gasteiger charge is -2.27. The van der Waals surface area contributed by atoms with Crippen molar-refractivity contribution in [2.75, 3.05) is 13.9 Å². The summed E-state index contributed by atoms with van der Waals surface area (Å²) in [6, 6.07) is 11.9. The number of hydrogen-bond acceptors (Lipinski definition) is 9. The number of nitrogens with one attached hydrogen (secondary N) is 1. The minimum Gasteiger partial charge on any atom is -0.493 e. The highest BCUT2D eigenvalue weighted by Gasteiger charge is 2.28. The first-order valence-corrected chi connectivity index (χ1v) is 12.9. The molecule has 0 aliphatic rings. The third kappa shape index (κ3) is 8.56. The molecule has 0 spiro atoms. The number of esters is 2. The highest BCUT2D eigenvalue weighted by Crippen LogP contribution is 2.33. The predicted octanol–water partition coefficient (Wildman–Crippen LogP) is 5.32. The lowest BCUT2D eigenvalue weighted by atomic mass is 10.0. The Morgan fingerprint density at radius 2 is 1.80 bits per heavy atom. The number of methoxy groups -OCH3 is 1. The molecule has 214 valence electrons. The van der Waals surface area contributed by atoms with Gasteiger partial charge in [0, 0.05) is 25.7 Å². The van der Waals surface area contributed by atoms with E-state index in [1.165, 1.54) is 32.4 Å². The van der Waals surface area contributed by atoms with Gasteiger partial charge in [0.1, 0.15) is 29.4 Å². The molecule has 0 radical (unpaired) electrons. The standard InChI is InChI=1S/C29H32ClFN2O7/c1-17-6-11-25(23(30)14-17)40-27(21-7-9-22(31)10-8-21)19(3)39-29(35)18(2)33-15-24-28(38-16-37-20(4)34)26(36-5)12-13-32-24/h6-14,18-19,27,33H,15-16H2,1-5H3/t18-,19-,27-/m0/s1. The average Bonchev–Trinajstić information content (AvgIpc) is 2.92. The molecule has 1 aromatic heterocycles. The number of aromatic nitrogens is 1. The minimum absolute atomic E-state index is 0.119. The molecule has 1 N–H and O–H groups in total. The summed E-state index contributed by atoms with van der Waals surface area (Å²) in [5, 5.41) is 3.46. The SMILES string of the molecule is COc1ccnc(CN[C@@H](C)C(=O)O[C@@H](C)[C@H](Oc2ccc(C)cc2Cl)c2ccc(F)cc2)c1OCOC(C)=O. The van der Waals surface area contributed by atoms with Gasteiger partial charge in [0.25, 0.3) is 0 Å². The number of rotatable bonds is 13. The fourth-order valence-electron chi connectivity index (χ4n) is 3.69. The molecule has 0 bridgehead atoms. The molecular formula is C29H32ClFN2O7. The monoisotopic (exact) mass is 574 g/mol. The second-order valence-electron chi connectivity index (χ2n) is 8.96. The number of carbonyl (C=O) groups excluding carboxylic acids is 2. The van der Waals surface area contributed by atoms with E-state index in [9.17, 15) is 14.0 Å². The zero-order valence-corrected chi connectivity index (χ0v) is 23.7. The van der Waals surface area contributed by atoms with Crippen molar-refractivity contribution < 1.29 is 37.7 Å². The summed E-state index contributed by atoms with van der Waals surface area (Å²) in [4.78, 5) is 28.4. The number of halogens is 2. The lowest BCUT2D eigenvalue weighted by Crippen LogP contribution is -2.38. The van der Waals surface area contributed by atoms with Crippen molar-refractivity contribution in [1.82, 2.24) is 10.3 Å². The highest BCUT2D eigenvalue weighted by molar-refractivity contribution is 6.32. The Balaban J connectivity index is 1.70. The topological polar surface area (TPSA) is 105 Å². The normalized spacial score (nSPS) is 13.1. The average molecular weight is 575 g/mol. The zero-order chi connectivity index (χ0) is 29.2. The Kier molecular flexibility index (Phi) is 11.1. The fourth-order valence-corrected chi connectivity index (χ4v) is 3.97. The molecule has 0 saturated heterocycles. The second-order valence-corrected chi connectivity index (χ2v) is 9.36. The number of benzene rings is 2. The maximum Gasteiger partial charge on any atom is 0.323 e. The molecule has 3 atom stereocenters. The zero-order valence-electron chi connectivity index (χ0n) is 22.9. The Morgan fingerprint density at radius 1 is 1.07 bits per heavy atom. The fraction of sp³-hybridized carbons (Fsp3) is 0.345. The first-order chi connectivity index (χ1) is 19.1. The molecule has 3 rings (SSSR count). The number of ether oxygens (including phenoxy) is 5. The van der Waals surface area contributed by atoms with Gasteiger partial charge in [0.2, 0.25) is 6.79 Å². The van der Waals surface area contributed by atoms with E-state index in [1.807, 2.05) is 13.0 Å². The van der Waals surface area contributed by atoms with E-state index in [0.29, 0.717) is 27.8 Å². The van der Waals surface area contributed by atoms with Crippen LogP contribution in [0.5, 0.6) is 17.2 Å². The Morgan fingerprint density at radius 3 is 2.45 bits per heavy atom. The van der Waals surface area contributed by atoms with E-state index < -0.39 is 36.0 Å². The van der Waals surface area contributed by atoms with Crippen molar-refractivity contribution in [3.05, 3.63) is 82.4 Å². The predicted molar refractivity (Wildman–Crippen MR) is 146 cm³/mol. The molecule has 0 aliphatic carbocycles. The molecule has 2 aromatic carbocycles. The molecule has 0 fully saturated rings. The number of nitrogens with zero attached hydrogens (tertiary/aromatic N) is 1. The number of aryl methyl sites for hydroxylation is 1. The highest BCUT2D eigenvalue weighted by atomic mass is 35.5. The quantitative estimate of drug-likeness (QED) is 0.214. The Bertz CT molecular complexity index is 1310. The van der Waals surface area contributed by atoms with Gasteiger partial charge in [-0.1, -0.05) is 29.8 Å². The summed E-state index contributed by atoms with van der Waals surface area (Å²) in [6.07, 6.45) is -0.00379. The summed E-state index contributed by atoms with van der Waals surface area (Å²) in [6.45, 7) is 6.29. The van der Waals surface area contributed by atoms with Gasteiger partial charge in [-0.25, -0.2) is 4.39 Å². The van der Waals surface area contributed by atoms with Crippen molar-refractivity contribution in [2.24, 2.45) is 0 Å². The summed E-state index contributed by atoms with van der Waals surface area (Å²) in [5.74, 6) is -0.393. The van der Waals surface area contributed by atoms with E-state index in [1.54, 1.807) is 44.2 Å². The van der Waals surface area contributed by atoms with E-state index in [4.69, 9.17) is 35.3 Å². The maximum absolute atomic E-state index is 13.6. The van der Waals surface area contributed by atoms with Crippen LogP contribution in [0.2, 0.25) is 5.02 Å². The Labute approximate surface area is 237 Å². The maximum atomic E-state index is 13.6. The first-order valence-electron chi connectivity index (χ1n) is 12.5. The van der Waals surface area contributed by atoms with Crippen molar-refractivity contribution in [3.63, 3.8) is 0 Å². The van der Waals surface area contributed by atoms with Crippen LogP contribution in [0.4, 0.5) is 4.39 Å². The van der Waals surface area contributed by atoms with Crippen molar-refractivity contribution >= 4 is 23.5 Å². The van der Waals surface area contributed by atoms with Gasteiger partial charge in [-0.05, 0) is 56.2 Å². The number of carbonyl (C=O) groups is 2. The van der Waals surface area contributed by atoms with Crippen LogP contribution in [0.15, 0.2) is 54.7 Å². The third-order valence-corrected chi connectivity index (χ3v) is 6.12. The van der Waals surface area contributed by atoms with Crippen LogP contribution < -0.4 is 19.5 Å². The molecule has 1 heterocycles. The summed E-state index contributed by atoms with van der Waals surface area (Å²) in [5.41, 5.74) is 2.00. The van der Waals surface area contributed by atoms with Gasteiger partial charge in [-0.3, -0.25) is 19.9 Å². The molecular weight excluding hydrogens is 543 g/mol. The first kappa shape index (κ1) is 30.6. The third-order valence-electron chi connectivity index (χ3n) is 5.83. The number of pyridine rings is 1. The summed E-state index contributed by atoms with van der Waals surface area (Å²) < 4.78 is 41.2. The van der Waals surface area contributed by atoms with Crippen molar-refractivity contribution in [3.8, 4) is 17.2 Å². The van der Waals surface area contributed by atoms with E-state index in [2.05, 4.69) is 10.3 Å². The van der Waals surface area contributed by atoms with E-state index in [-0.39, 0.29) is 19.1 Å². The number of hydrogen-bond donors (Lipinski definition) is 1. The van der Waals surface area contributed by atoms with E-state index >= 15 is 0 Å². The smallest absolute Gasteiger partial charge is 0.323 e. The van der Waals surface area contributed by atoms with Gasteiger partial charge >= 0.3 is 11.9 Å². The second kappa shape index (κ2) is 14.5. The molecule has 3 aromatic rings. The van der Waals surface area contributed by atoms with Crippen LogP contribution in [0, 0.1) is 12.7 Å². The van der Waals surface area contributed by atoms with Gasteiger partial charge < -0.3 is 23.7 Å². The van der Waals surface area contributed by atoms with Crippen LogP contribution in [0.3, 0.4) is 0 Å². The molecule has 0 unspecified atom stereocenters. The van der Waals surface area contributed by atoms with Crippen LogP contribution >= 0.6 is 11.6 Å². The van der Waals surface area contributed by atoms with Gasteiger partial charge in [-0.2, -0.15) is 0 Å². The van der Waals surface area contributed by atoms with Gasteiger partial charge in [-0.15, -0.1) is 0 Å². The summed E-state index contributed by atoms with van der Waals surface area (Å²) >= 11 is 6.38. The van der Waals surface area contributed by atoms with E-state index in [0.717, 1.165) is 5.56 Å². The molecule has 11 heteroatoms. The van der Waals surface area contributed by atoms with Crippen LogP contribution in [0.25, 0.3) is 0 Å². The van der Waals surface area contributed by atoms with Gasteiger partial charge in [0.05, 0.1) is 12.1 Å². The molecule has 0 amide bonds. The Hall–Kier alpha value is -3.89. The largest absolute Gasteiger partial charge is 0.493 e. The van der Waals surface area contributed by atoms with Crippen LogP contribution in [-0.2, 0) is 25.6 Å². The molecule has 0 saturated carbocycles. The lowest BCUT2D eigenvalue weighted by molar-refractivity contribution is -0.155. The molecule has 9 nitrogen and oxygen atoms in total. The molecule has 0 aliphatic heterocycles. The van der Waals surface area contributed by atoms with Crippen LogP contribution in [-0.4, -0.2) is 43.0 Å². The van der Waals surface area contributed by atoms with Crippen LogP contribution in [0.1, 0.15) is 43.7 Å². The minimum atomic E-state index is -0.767. The van der Waals surface area contributed by atoms with Gasteiger partial charge in [0.15, 0.2) is 17.6 Å². The van der Waals surface area contributed by atoms with Crippen molar-refractivity contribution in [1.29, 1.82) is 0 Å². The van der Waals surface area contributed by atoms with Crippen molar-refractivity contribution in [2.45, 2.75) is 52.5 Å². The summed E-state index contributed by atoms with van der Waals surface area (Å²) in [7, 11) is 1.47.